The van der Waals surface area contributed by atoms with Gasteiger partial charge in [-0.25, -0.2) is 0 Å². The molecule has 0 aliphatic rings. The molecule has 0 aliphatic carbocycles. The number of nitrogens with one attached hydrogen (secondary N) is 4. The molecule has 0 unspecified atom stereocenters. The second-order valence-electron chi connectivity index (χ2n) is 5.15. The molecule has 2 aromatic heterocycles. The van der Waals surface area contributed by atoms with Crippen LogP contribution in [0.5, 0.6) is 0 Å². The van der Waals surface area contributed by atoms with Crippen LogP contribution in [0.4, 0.5) is 11.8 Å². The lowest BCUT2D eigenvalue weighted by molar-refractivity contribution is -0.120. The lowest BCUT2D eigenvalue weighted by Crippen LogP contribution is -2.28. The summed E-state index contributed by atoms with van der Waals surface area (Å²) in [6.07, 6.45) is 2.06. The molecule has 0 radical (unpaired) electrons. The fourth-order valence-corrected chi connectivity index (χ4v) is 1.78. The second kappa shape index (κ2) is 6.87. The molecule has 2 rings (SSSR count). The van der Waals surface area contributed by atoms with Gasteiger partial charge in [-0.05, 0) is 5.92 Å². The molecule has 0 fully saturated rings. The van der Waals surface area contributed by atoms with Crippen LogP contribution in [0.25, 0.3) is 11.0 Å². The first-order valence-electron chi connectivity index (χ1n) is 6.99. The van der Waals surface area contributed by atoms with Crippen LogP contribution in [0.3, 0.4) is 0 Å². The Bertz CT molecular complexity index is 608. The fourth-order valence-electron chi connectivity index (χ4n) is 1.78. The highest BCUT2D eigenvalue weighted by Gasteiger charge is 2.09. The van der Waals surface area contributed by atoms with Gasteiger partial charge in [-0.3, -0.25) is 9.89 Å². The summed E-state index contributed by atoms with van der Waals surface area (Å²) in [4.78, 5) is 20.2. The van der Waals surface area contributed by atoms with E-state index in [0.717, 1.165) is 5.39 Å². The molecular formula is C13H21N7O. The number of hydrogen-bond acceptors (Lipinski definition) is 6. The van der Waals surface area contributed by atoms with Crippen LogP contribution in [0.1, 0.15) is 20.3 Å². The summed E-state index contributed by atoms with van der Waals surface area (Å²) in [7, 11) is 1.75. The Morgan fingerprint density at radius 1 is 1.38 bits per heavy atom. The minimum Gasteiger partial charge on any atom is -0.369 e. The average molecular weight is 291 g/mol. The van der Waals surface area contributed by atoms with Crippen LogP contribution in [-0.4, -0.2) is 46.2 Å². The molecule has 1 amide bonds. The molecule has 0 aromatic carbocycles. The molecule has 0 spiro atoms. The molecule has 0 atom stereocenters. The van der Waals surface area contributed by atoms with E-state index in [2.05, 4.69) is 50.0 Å². The van der Waals surface area contributed by atoms with Crippen LogP contribution in [0, 0.1) is 5.92 Å². The van der Waals surface area contributed by atoms with Crippen molar-refractivity contribution in [2.75, 3.05) is 30.8 Å². The quantitative estimate of drug-likeness (QED) is 0.605. The smallest absolute Gasteiger partial charge is 0.226 e. The van der Waals surface area contributed by atoms with E-state index in [1.807, 2.05) is 0 Å². The maximum atomic E-state index is 11.7. The third-order valence-corrected chi connectivity index (χ3v) is 2.89. The van der Waals surface area contributed by atoms with Gasteiger partial charge in [0.05, 0.1) is 11.6 Å². The highest BCUT2D eigenvalue weighted by atomic mass is 16.1. The van der Waals surface area contributed by atoms with E-state index in [1.165, 1.54) is 0 Å². The van der Waals surface area contributed by atoms with Gasteiger partial charge < -0.3 is 16.0 Å². The maximum Gasteiger partial charge on any atom is 0.226 e. The van der Waals surface area contributed by atoms with Crippen molar-refractivity contribution in [3.8, 4) is 0 Å². The van der Waals surface area contributed by atoms with E-state index in [9.17, 15) is 4.79 Å². The number of rotatable bonds is 7. The van der Waals surface area contributed by atoms with Gasteiger partial charge in [-0.15, -0.1) is 0 Å². The number of fused-ring (bicyclic) bond motifs is 1. The Morgan fingerprint density at radius 3 is 2.90 bits per heavy atom. The number of H-pyrrole nitrogens is 1. The number of anilines is 2. The third-order valence-electron chi connectivity index (χ3n) is 2.89. The molecule has 2 aromatic rings. The number of aromatic nitrogens is 4. The SMILES string of the molecule is CNc1nc(NCCC(=O)NCC(C)C)c2cn[nH]c2n1. The van der Waals surface area contributed by atoms with E-state index in [1.54, 1.807) is 13.2 Å². The van der Waals surface area contributed by atoms with Gasteiger partial charge in [-0.1, -0.05) is 13.8 Å². The largest absolute Gasteiger partial charge is 0.369 e. The molecule has 21 heavy (non-hydrogen) atoms. The first kappa shape index (κ1) is 15.0. The van der Waals surface area contributed by atoms with Crippen molar-refractivity contribution >= 4 is 28.7 Å². The normalized spacial score (nSPS) is 10.9. The van der Waals surface area contributed by atoms with Gasteiger partial charge in [0.15, 0.2) is 5.65 Å². The Kier molecular flexibility index (Phi) is 4.91. The number of carbonyl (C=O) groups excluding carboxylic acids is 1. The molecule has 0 bridgehead atoms. The minimum atomic E-state index is 0.0301. The van der Waals surface area contributed by atoms with Gasteiger partial charge >= 0.3 is 0 Å². The van der Waals surface area contributed by atoms with Gasteiger partial charge in [0.2, 0.25) is 11.9 Å². The van der Waals surface area contributed by atoms with Crippen molar-refractivity contribution in [1.82, 2.24) is 25.5 Å². The van der Waals surface area contributed by atoms with Crippen LogP contribution in [-0.2, 0) is 4.79 Å². The third kappa shape index (κ3) is 4.04. The summed E-state index contributed by atoms with van der Waals surface area (Å²) in [5, 5.41) is 16.5. The van der Waals surface area contributed by atoms with E-state index in [4.69, 9.17) is 0 Å². The molecule has 4 N–H and O–H groups in total. The number of aromatic amines is 1. The summed E-state index contributed by atoms with van der Waals surface area (Å²) in [6, 6.07) is 0. The van der Waals surface area contributed by atoms with Crippen molar-refractivity contribution in [3.63, 3.8) is 0 Å². The Morgan fingerprint density at radius 2 is 2.19 bits per heavy atom. The van der Waals surface area contributed by atoms with Gasteiger partial charge in [-0.2, -0.15) is 15.1 Å². The van der Waals surface area contributed by atoms with Crippen molar-refractivity contribution in [2.24, 2.45) is 5.92 Å². The van der Waals surface area contributed by atoms with Crippen LogP contribution >= 0.6 is 0 Å². The summed E-state index contributed by atoms with van der Waals surface area (Å²) < 4.78 is 0. The molecule has 8 nitrogen and oxygen atoms in total. The van der Waals surface area contributed by atoms with E-state index in [-0.39, 0.29) is 5.91 Å². The molecule has 2 heterocycles. The van der Waals surface area contributed by atoms with Crippen LogP contribution in [0.2, 0.25) is 0 Å². The zero-order valence-corrected chi connectivity index (χ0v) is 12.5. The predicted molar refractivity (Wildman–Crippen MR) is 82.2 cm³/mol. The van der Waals surface area contributed by atoms with Gasteiger partial charge in [0.1, 0.15) is 5.82 Å². The van der Waals surface area contributed by atoms with E-state index in [0.29, 0.717) is 42.8 Å². The zero-order valence-electron chi connectivity index (χ0n) is 12.5. The lowest BCUT2D eigenvalue weighted by atomic mass is 10.2. The summed E-state index contributed by atoms with van der Waals surface area (Å²) in [5.41, 5.74) is 0.654. The van der Waals surface area contributed by atoms with E-state index < -0.39 is 0 Å². The molecular weight excluding hydrogens is 270 g/mol. The number of nitrogens with zero attached hydrogens (tertiary/aromatic N) is 3. The van der Waals surface area contributed by atoms with Crippen molar-refractivity contribution < 1.29 is 4.79 Å². The Balaban J connectivity index is 1.94. The Labute approximate surface area is 123 Å². The summed E-state index contributed by atoms with van der Waals surface area (Å²) in [5.74, 6) is 1.64. The summed E-state index contributed by atoms with van der Waals surface area (Å²) >= 11 is 0. The monoisotopic (exact) mass is 291 g/mol. The zero-order chi connectivity index (χ0) is 15.2. The second-order valence-corrected chi connectivity index (χ2v) is 5.15. The van der Waals surface area contributed by atoms with Gasteiger partial charge in [0, 0.05) is 26.6 Å². The number of carbonyl (C=O) groups is 1. The highest BCUT2D eigenvalue weighted by molar-refractivity contribution is 5.87. The highest BCUT2D eigenvalue weighted by Crippen LogP contribution is 2.19. The first-order chi connectivity index (χ1) is 10.1. The molecule has 0 saturated heterocycles. The van der Waals surface area contributed by atoms with Crippen LogP contribution < -0.4 is 16.0 Å². The standard InChI is InChI=1S/C13H21N7O/c1-8(2)6-16-10(21)4-5-15-11-9-7-17-20-12(9)19-13(14-3)18-11/h7-8H,4-6H2,1-3H3,(H,16,21)(H3,14,15,17,18,19,20). The predicted octanol–water partition coefficient (Wildman–Crippen LogP) is 0.969. The lowest BCUT2D eigenvalue weighted by Gasteiger charge is -2.09. The first-order valence-corrected chi connectivity index (χ1v) is 6.99. The number of amides is 1. The number of hydrogen-bond donors (Lipinski definition) is 4. The van der Waals surface area contributed by atoms with Crippen molar-refractivity contribution in [3.05, 3.63) is 6.20 Å². The topological polar surface area (TPSA) is 108 Å². The summed E-state index contributed by atoms with van der Waals surface area (Å²) in [6.45, 7) is 5.33. The Hall–Kier alpha value is -2.38. The molecule has 0 aliphatic heterocycles. The maximum absolute atomic E-state index is 11.7. The van der Waals surface area contributed by atoms with E-state index >= 15 is 0 Å². The van der Waals surface area contributed by atoms with Crippen molar-refractivity contribution in [2.45, 2.75) is 20.3 Å². The molecule has 0 saturated carbocycles. The van der Waals surface area contributed by atoms with Crippen LogP contribution in [0.15, 0.2) is 6.20 Å². The molecule has 8 heteroatoms. The van der Waals surface area contributed by atoms with Crippen molar-refractivity contribution in [1.29, 1.82) is 0 Å². The fraction of sp³-hybridized carbons (Fsp3) is 0.538. The van der Waals surface area contributed by atoms with Gasteiger partial charge in [0.25, 0.3) is 0 Å². The molecule has 114 valence electrons. The minimum absolute atomic E-state index is 0.0301. The average Bonchev–Trinajstić information content (AvgIpc) is 2.93.